The molecule has 0 unspecified atom stereocenters. The van der Waals surface area contributed by atoms with Crippen LogP contribution in [0.1, 0.15) is 27.7 Å². The first kappa shape index (κ1) is 17.9. The van der Waals surface area contributed by atoms with Gasteiger partial charge in [-0.15, -0.1) is 0 Å². The van der Waals surface area contributed by atoms with E-state index in [1.807, 2.05) is 0 Å². The largest absolute Gasteiger partial charge is 0.484 e. The van der Waals surface area contributed by atoms with Gasteiger partial charge in [-0.25, -0.2) is 0 Å². The van der Waals surface area contributed by atoms with Crippen LogP contribution in [0, 0.1) is 22.0 Å². The molecule has 1 amide bonds. The standard InChI is InChI=1S/C16H24N2O4/c1-12(2)9-17(10-13(3)4)16(19)11-22-15-7-5-6-14(8-15)18(20)21/h5-8,12-13H,9-11H2,1-4H3. The van der Waals surface area contributed by atoms with Crippen LogP contribution in [0.5, 0.6) is 5.75 Å². The minimum Gasteiger partial charge on any atom is -0.484 e. The van der Waals surface area contributed by atoms with Gasteiger partial charge in [0.15, 0.2) is 6.61 Å². The highest BCUT2D eigenvalue weighted by Crippen LogP contribution is 2.19. The molecule has 0 spiro atoms. The third-order valence-corrected chi connectivity index (χ3v) is 2.91. The molecule has 0 atom stereocenters. The van der Waals surface area contributed by atoms with Crippen molar-refractivity contribution in [3.8, 4) is 5.75 Å². The summed E-state index contributed by atoms with van der Waals surface area (Å²) in [6.07, 6.45) is 0. The highest BCUT2D eigenvalue weighted by Gasteiger charge is 2.17. The van der Waals surface area contributed by atoms with Crippen LogP contribution in [-0.2, 0) is 4.79 Å². The molecule has 0 aromatic heterocycles. The van der Waals surface area contributed by atoms with E-state index in [1.165, 1.54) is 18.2 Å². The third-order valence-electron chi connectivity index (χ3n) is 2.91. The summed E-state index contributed by atoms with van der Waals surface area (Å²) < 4.78 is 5.41. The van der Waals surface area contributed by atoms with Crippen molar-refractivity contribution in [2.24, 2.45) is 11.8 Å². The van der Waals surface area contributed by atoms with Gasteiger partial charge in [-0.3, -0.25) is 14.9 Å². The number of nitro benzene ring substituents is 1. The average molecular weight is 308 g/mol. The summed E-state index contributed by atoms with van der Waals surface area (Å²) in [5, 5.41) is 10.7. The number of nitro groups is 1. The summed E-state index contributed by atoms with van der Waals surface area (Å²) in [4.78, 5) is 24.3. The molecule has 122 valence electrons. The van der Waals surface area contributed by atoms with Crippen LogP contribution in [-0.4, -0.2) is 35.4 Å². The Labute approximate surface area is 131 Å². The molecule has 0 saturated heterocycles. The highest BCUT2D eigenvalue weighted by molar-refractivity contribution is 5.77. The number of carbonyl (C=O) groups is 1. The number of nitrogens with zero attached hydrogens (tertiary/aromatic N) is 2. The van der Waals surface area contributed by atoms with Gasteiger partial charge in [0.1, 0.15) is 5.75 Å². The monoisotopic (exact) mass is 308 g/mol. The van der Waals surface area contributed by atoms with Gasteiger partial charge in [-0.05, 0) is 17.9 Å². The lowest BCUT2D eigenvalue weighted by Crippen LogP contribution is -2.39. The first-order chi connectivity index (χ1) is 10.3. The van der Waals surface area contributed by atoms with Crippen molar-refractivity contribution in [1.29, 1.82) is 0 Å². The van der Waals surface area contributed by atoms with E-state index in [0.717, 1.165) is 0 Å². The van der Waals surface area contributed by atoms with E-state index in [2.05, 4.69) is 27.7 Å². The predicted octanol–water partition coefficient (Wildman–Crippen LogP) is 3.11. The second kappa shape index (κ2) is 8.36. The van der Waals surface area contributed by atoms with Crippen LogP contribution >= 0.6 is 0 Å². The van der Waals surface area contributed by atoms with E-state index < -0.39 is 4.92 Å². The topological polar surface area (TPSA) is 72.7 Å². The van der Waals surface area contributed by atoms with E-state index in [-0.39, 0.29) is 18.2 Å². The lowest BCUT2D eigenvalue weighted by Gasteiger charge is -2.26. The number of non-ortho nitro benzene ring substituents is 1. The molecule has 0 radical (unpaired) electrons. The number of hydrogen-bond acceptors (Lipinski definition) is 4. The van der Waals surface area contributed by atoms with Crippen molar-refractivity contribution in [3.05, 3.63) is 34.4 Å². The Hall–Kier alpha value is -2.11. The Morgan fingerprint density at radius 2 is 1.82 bits per heavy atom. The maximum atomic E-state index is 12.3. The van der Waals surface area contributed by atoms with Gasteiger partial charge in [0, 0.05) is 19.2 Å². The van der Waals surface area contributed by atoms with Crippen molar-refractivity contribution in [2.75, 3.05) is 19.7 Å². The van der Waals surface area contributed by atoms with Crippen molar-refractivity contribution in [1.82, 2.24) is 4.90 Å². The zero-order valence-corrected chi connectivity index (χ0v) is 13.6. The summed E-state index contributed by atoms with van der Waals surface area (Å²) in [5.74, 6) is 0.978. The molecule has 0 bridgehead atoms. The van der Waals surface area contributed by atoms with Crippen molar-refractivity contribution >= 4 is 11.6 Å². The molecular weight excluding hydrogens is 284 g/mol. The molecule has 0 aliphatic rings. The minimum absolute atomic E-state index is 0.0498. The van der Waals surface area contributed by atoms with Gasteiger partial charge < -0.3 is 9.64 Å². The second-order valence-corrected chi connectivity index (χ2v) is 6.13. The summed E-state index contributed by atoms with van der Waals surface area (Å²) in [5.41, 5.74) is -0.0498. The maximum absolute atomic E-state index is 12.3. The highest BCUT2D eigenvalue weighted by atomic mass is 16.6. The quantitative estimate of drug-likeness (QED) is 0.546. The molecular formula is C16H24N2O4. The number of ether oxygens (including phenoxy) is 1. The van der Waals surface area contributed by atoms with Crippen LogP contribution in [0.2, 0.25) is 0 Å². The zero-order valence-electron chi connectivity index (χ0n) is 13.6. The Morgan fingerprint density at radius 3 is 2.32 bits per heavy atom. The molecule has 6 heteroatoms. The van der Waals surface area contributed by atoms with Crippen LogP contribution in [0.25, 0.3) is 0 Å². The van der Waals surface area contributed by atoms with Gasteiger partial charge in [0.05, 0.1) is 11.0 Å². The SMILES string of the molecule is CC(C)CN(CC(C)C)C(=O)COc1cccc([N+](=O)[O-])c1. The molecule has 0 aliphatic carbocycles. The third kappa shape index (κ3) is 6.11. The molecule has 1 aromatic rings. The Morgan fingerprint density at radius 1 is 1.23 bits per heavy atom. The normalized spacial score (nSPS) is 10.8. The van der Waals surface area contributed by atoms with Gasteiger partial charge >= 0.3 is 0 Å². The smallest absolute Gasteiger partial charge is 0.273 e. The minimum atomic E-state index is -0.488. The number of hydrogen-bond donors (Lipinski definition) is 0. The second-order valence-electron chi connectivity index (χ2n) is 6.13. The van der Waals surface area contributed by atoms with E-state index in [9.17, 15) is 14.9 Å². The van der Waals surface area contributed by atoms with Crippen molar-refractivity contribution in [2.45, 2.75) is 27.7 Å². The summed E-state index contributed by atoms with van der Waals surface area (Å²) in [7, 11) is 0. The summed E-state index contributed by atoms with van der Waals surface area (Å²) in [6, 6.07) is 5.86. The number of amides is 1. The van der Waals surface area contributed by atoms with Crippen LogP contribution in [0.3, 0.4) is 0 Å². The molecule has 0 fully saturated rings. The molecule has 0 aliphatic heterocycles. The molecule has 1 rings (SSSR count). The number of rotatable bonds is 8. The first-order valence-electron chi connectivity index (χ1n) is 7.44. The van der Waals surface area contributed by atoms with E-state index in [0.29, 0.717) is 30.7 Å². The van der Waals surface area contributed by atoms with E-state index >= 15 is 0 Å². The van der Waals surface area contributed by atoms with Crippen LogP contribution < -0.4 is 4.74 Å². The summed E-state index contributed by atoms with van der Waals surface area (Å²) in [6.45, 7) is 9.47. The fourth-order valence-electron chi connectivity index (χ4n) is 2.08. The zero-order chi connectivity index (χ0) is 16.7. The van der Waals surface area contributed by atoms with E-state index in [4.69, 9.17) is 4.74 Å². The van der Waals surface area contributed by atoms with Crippen molar-refractivity contribution in [3.63, 3.8) is 0 Å². The number of carbonyl (C=O) groups excluding carboxylic acids is 1. The summed E-state index contributed by atoms with van der Waals surface area (Å²) >= 11 is 0. The lowest BCUT2D eigenvalue weighted by atomic mass is 10.1. The molecule has 0 saturated carbocycles. The van der Waals surface area contributed by atoms with Crippen molar-refractivity contribution < 1.29 is 14.5 Å². The van der Waals surface area contributed by atoms with Gasteiger partial charge in [-0.2, -0.15) is 0 Å². The van der Waals surface area contributed by atoms with Gasteiger partial charge in [0.2, 0.25) is 0 Å². The van der Waals surface area contributed by atoms with Gasteiger partial charge in [0.25, 0.3) is 11.6 Å². The lowest BCUT2D eigenvalue weighted by molar-refractivity contribution is -0.384. The Bertz CT molecular complexity index is 505. The maximum Gasteiger partial charge on any atom is 0.273 e. The van der Waals surface area contributed by atoms with E-state index in [1.54, 1.807) is 11.0 Å². The fourth-order valence-corrected chi connectivity index (χ4v) is 2.08. The van der Waals surface area contributed by atoms with Crippen LogP contribution in [0.4, 0.5) is 5.69 Å². The molecule has 0 N–H and O–H groups in total. The molecule has 1 aromatic carbocycles. The molecule has 0 heterocycles. The number of benzene rings is 1. The molecule has 6 nitrogen and oxygen atoms in total. The Kier molecular flexibility index (Phi) is 6.82. The fraction of sp³-hybridized carbons (Fsp3) is 0.562. The van der Waals surface area contributed by atoms with Gasteiger partial charge in [-0.1, -0.05) is 33.8 Å². The van der Waals surface area contributed by atoms with Crippen LogP contribution in [0.15, 0.2) is 24.3 Å². The Balaban J connectivity index is 2.65. The first-order valence-corrected chi connectivity index (χ1v) is 7.44. The predicted molar refractivity (Wildman–Crippen MR) is 84.8 cm³/mol. The molecule has 22 heavy (non-hydrogen) atoms. The average Bonchev–Trinajstić information content (AvgIpc) is 2.43.